The summed E-state index contributed by atoms with van der Waals surface area (Å²) < 4.78 is 37.1. The largest absolute Gasteiger partial charge is 0.459 e. The molecule has 12 heteroatoms. The molecule has 0 amide bonds. The second kappa shape index (κ2) is 36.3. The number of hydrogen-bond acceptors (Lipinski definition) is 12. The van der Waals surface area contributed by atoms with Crippen molar-refractivity contribution in [3.05, 3.63) is 0 Å². The third-order valence-electron chi connectivity index (χ3n) is 37.6. The summed E-state index contributed by atoms with van der Waals surface area (Å²) in [7, 11) is 0. The van der Waals surface area contributed by atoms with Gasteiger partial charge in [0.15, 0.2) is 0 Å². The van der Waals surface area contributed by atoms with Crippen LogP contribution in [0.4, 0.5) is 0 Å². The van der Waals surface area contributed by atoms with E-state index in [1.54, 1.807) is 0 Å². The highest BCUT2D eigenvalue weighted by molar-refractivity contribution is 5.78. The average Bonchev–Trinajstić information content (AvgIpc) is 0.736. The summed E-state index contributed by atoms with van der Waals surface area (Å²) in [6.45, 7) is 50.6. The quantitative estimate of drug-likeness (QED) is 0.0747. The van der Waals surface area contributed by atoms with E-state index in [2.05, 4.69) is 96.9 Å². The van der Waals surface area contributed by atoms with Crippen LogP contribution >= 0.6 is 0 Å². The first-order chi connectivity index (χ1) is 54.0. The molecule has 20 bridgehead atoms. The predicted octanol–water partition coefficient (Wildman–Crippen LogP) is 26.3. The van der Waals surface area contributed by atoms with Crippen molar-refractivity contribution in [1.29, 1.82) is 0 Å². The number of ether oxygens (including phenoxy) is 6. The van der Waals surface area contributed by atoms with E-state index in [4.69, 9.17) is 28.4 Å². The van der Waals surface area contributed by atoms with Crippen molar-refractivity contribution in [3.63, 3.8) is 0 Å². The van der Waals surface area contributed by atoms with Gasteiger partial charge < -0.3 is 28.4 Å². The highest BCUT2D eigenvalue weighted by Gasteiger charge is 2.65. The van der Waals surface area contributed by atoms with E-state index < -0.39 is 0 Å². The van der Waals surface area contributed by atoms with Crippen LogP contribution in [0, 0.1) is 164 Å². The standard InChI is InChI=1S/C20H34O2.C18H30O2.2C17H28O2.C16H26O2.C15H28O2/c1-6-13(3)20(22-18(21)19(4,5)7-2)16-9-14-8-15(11-16)12-17(20)10-14;1-5-17(3,4)16(19)20-18(6-2)14-8-12-7-13(10-14)11-15(18)9-12;1-5-16(2,3)15(18)19-17(4)13-7-11-6-12(9-13)10-14(17)8-11;1-4-11(3)16(18)19-17(5-2)14-7-12-6-13(9-14)10-15(17)8-12;1-4-10(2)15(17)18-16(3)13-6-11-5-12(8-13)9-14(16)7-11;1-6-12(2)13(16)17-15(14(3,4)5)10-8-7-9-11-15/h13-17H,6-12H2,1-5H3;12-15H,5-11H2,1-4H3;11-14H,5-10H2,1-4H3;11-15H,4-10H2,1-3H3;10-14H,4-9H2,1-3H3;12H,6-11H2,1-5H3. The molecular weight excluding hydrogens is 1430 g/mol. The SMILES string of the molecule is CCC(C)(C)C(=O)OC1(C)C2CC3CC(C2)CC1C3.CCC(C)(C)C(=O)OC1(CC)C2CC3CC(C2)CC1C3.CCC(C)C(=O)OC1(C(C)(C)C)CCCCC1.CCC(C)C(=O)OC1(C)C2CC3CC(C2)CC1C3.CCC(C)C(=O)OC1(CC)C2CC3CC(C2)CC1C3.CCC(C)C1(OC(=O)C(C)(C)CC)C2CC3CC(C2)CC1C3. The highest BCUT2D eigenvalue weighted by Crippen LogP contribution is 2.67. The van der Waals surface area contributed by atoms with E-state index in [0.29, 0.717) is 65.1 Å². The molecule has 658 valence electrons. The van der Waals surface area contributed by atoms with Gasteiger partial charge in [0.2, 0.25) is 0 Å². The van der Waals surface area contributed by atoms with Gasteiger partial charge in [0.05, 0.1) is 34.0 Å². The summed E-state index contributed by atoms with van der Waals surface area (Å²) in [6, 6.07) is 0. The fourth-order valence-corrected chi connectivity index (χ4v) is 28.4. The lowest BCUT2D eigenvalue weighted by Crippen LogP contribution is -2.63. The van der Waals surface area contributed by atoms with Crippen LogP contribution in [0.15, 0.2) is 0 Å². The lowest BCUT2D eigenvalue weighted by atomic mass is 9.47. The maximum Gasteiger partial charge on any atom is 0.312 e. The van der Waals surface area contributed by atoms with Crippen molar-refractivity contribution < 1.29 is 57.2 Å². The minimum Gasteiger partial charge on any atom is -0.459 e. The molecule has 0 spiro atoms. The second-order valence-electron chi connectivity index (χ2n) is 46.5. The normalized spacial score (nSPS) is 40.8. The Morgan fingerprint density at radius 3 is 0.826 bits per heavy atom. The molecule has 21 aliphatic rings. The molecule has 0 aliphatic heterocycles. The Bertz CT molecular complexity index is 3140. The van der Waals surface area contributed by atoms with Crippen molar-refractivity contribution in [2.45, 2.75) is 450 Å². The molecule has 0 saturated heterocycles. The summed E-state index contributed by atoms with van der Waals surface area (Å²) in [6.07, 6.45) is 47.3. The Morgan fingerprint density at radius 1 is 0.296 bits per heavy atom. The summed E-state index contributed by atoms with van der Waals surface area (Å²) in [4.78, 5) is 74.5. The first kappa shape index (κ1) is 92.5. The molecular formula is C103H174O12. The molecule has 0 aromatic heterocycles. The van der Waals surface area contributed by atoms with Crippen molar-refractivity contribution in [1.82, 2.24) is 0 Å². The second-order valence-corrected chi connectivity index (χ2v) is 46.5. The lowest BCUT2D eigenvalue weighted by molar-refractivity contribution is -0.234. The molecule has 0 aromatic carbocycles. The molecule has 115 heavy (non-hydrogen) atoms. The summed E-state index contributed by atoms with van der Waals surface area (Å²) in [5, 5.41) is 0. The highest BCUT2D eigenvalue weighted by atomic mass is 16.6. The van der Waals surface area contributed by atoms with E-state index in [1.807, 2.05) is 69.2 Å². The summed E-state index contributed by atoms with van der Waals surface area (Å²) >= 11 is 0. The molecule has 21 aliphatic carbocycles. The van der Waals surface area contributed by atoms with Crippen LogP contribution in [-0.4, -0.2) is 69.4 Å². The van der Waals surface area contributed by atoms with Gasteiger partial charge in [0.25, 0.3) is 0 Å². The third kappa shape index (κ3) is 18.7. The number of esters is 6. The Kier molecular flexibility index (Phi) is 29.2. The van der Waals surface area contributed by atoms with Gasteiger partial charge in [-0.05, 0) is 424 Å². The lowest BCUT2D eigenvalue weighted by Gasteiger charge is -2.62. The van der Waals surface area contributed by atoms with Gasteiger partial charge in [0, 0.05) is 5.41 Å². The predicted molar refractivity (Wildman–Crippen MR) is 463 cm³/mol. The van der Waals surface area contributed by atoms with Gasteiger partial charge in [-0.25, -0.2) is 0 Å². The van der Waals surface area contributed by atoms with Crippen LogP contribution in [0.1, 0.15) is 417 Å². The minimum atomic E-state index is -0.352. The van der Waals surface area contributed by atoms with Crippen LogP contribution in [0.2, 0.25) is 0 Å². The van der Waals surface area contributed by atoms with E-state index in [1.165, 1.54) is 180 Å². The zero-order chi connectivity index (χ0) is 84.1. The zero-order valence-corrected chi connectivity index (χ0v) is 78.3. The Labute approximate surface area is 703 Å². The molecule has 0 radical (unpaired) electrons. The van der Waals surface area contributed by atoms with Crippen LogP contribution in [0.5, 0.6) is 0 Å². The average molecular weight is 1600 g/mol. The molecule has 0 heterocycles. The van der Waals surface area contributed by atoms with Gasteiger partial charge in [-0.2, -0.15) is 0 Å². The smallest absolute Gasteiger partial charge is 0.312 e. The monoisotopic (exact) mass is 1600 g/mol. The third-order valence-corrected chi connectivity index (χ3v) is 37.6. The van der Waals surface area contributed by atoms with Crippen molar-refractivity contribution >= 4 is 35.8 Å². The number of hydrogen-bond donors (Lipinski definition) is 0. The van der Waals surface area contributed by atoms with Crippen LogP contribution in [0.3, 0.4) is 0 Å². The topological polar surface area (TPSA) is 158 Å². The fraction of sp³-hybridized carbons (Fsp3) is 0.942. The van der Waals surface area contributed by atoms with Gasteiger partial charge in [-0.3, -0.25) is 28.8 Å². The summed E-state index contributed by atoms with van der Waals surface area (Å²) in [5.74, 6) is 16.4. The molecule has 4 atom stereocenters. The first-order valence-corrected chi connectivity index (χ1v) is 49.4. The summed E-state index contributed by atoms with van der Waals surface area (Å²) in [5.41, 5.74) is -1.92. The molecule has 0 N–H and O–H groups in total. The van der Waals surface area contributed by atoms with E-state index in [-0.39, 0.29) is 109 Å². The molecule has 21 rings (SSSR count). The molecule has 21 saturated carbocycles. The van der Waals surface area contributed by atoms with Gasteiger partial charge in [0.1, 0.15) is 33.6 Å². The van der Waals surface area contributed by atoms with Crippen LogP contribution in [-0.2, 0) is 57.2 Å². The van der Waals surface area contributed by atoms with E-state index in [0.717, 1.165) is 130 Å². The molecule has 0 aromatic rings. The molecule has 12 nitrogen and oxygen atoms in total. The number of carbonyl (C=O) groups is 6. The van der Waals surface area contributed by atoms with Gasteiger partial charge >= 0.3 is 35.8 Å². The Balaban J connectivity index is 0.000000136. The first-order valence-electron chi connectivity index (χ1n) is 49.4. The van der Waals surface area contributed by atoms with Crippen LogP contribution in [0.25, 0.3) is 0 Å². The maximum atomic E-state index is 12.9. The van der Waals surface area contributed by atoms with E-state index >= 15 is 0 Å². The van der Waals surface area contributed by atoms with Crippen LogP contribution < -0.4 is 0 Å². The zero-order valence-electron chi connectivity index (χ0n) is 78.3. The number of rotatable bonds is 22. The maximum absolute atomic E-state index is 12.9. The Hall–Kier alpha value is -3.18. The van der Waals surface area contributed by atoms with Crippen molar-refractivity contribution in [2.24, 2.45) is 164 Å². The van der Waals surface area contributed by atoms with Crippen molar-refractivity contribution in [3.8, 4) is 0 Å². The van der Waals surface area contributed by atoms with Gasteiger partial charge in [-0.15, -0.1) is 0 Å². The van der Waals surface area contributed by atoms with Crippen molar-refractivity contribution in [2.75, 3.05) is 0 Å². The molecule has 21 fully saturated rings. The minimum absolute atomic E-state index is 0.00988. The van der Waals surface area contributed by atoms with Gasteiger partial charge in [-0.1, -0.05) is 117 Å². The fourth-order valence-electron chi connectivity index (χ4n) is 28.4. The molecule has 4 unspecified atom stereocenters. The number of carbonyl (C=O) groups excluding carboxylic acids is 6. The van der Waals surface area contributed by atoms with E-state index in [9.17, 15) is 28.8 Å². The Morgan fingerprint density at radius 2 is 0.548 bits per heavy atom.